The molecule has 6 nitrogen and oxygen atoms in total. The zero-order valence-corrected chi connectivity index (χ0v) is 18.5. The summed E-state index contributed by atoms with van der Waals surface area (Å²) in [6.07, 6.45) is 1.70. The Labute approximate surface area is 191 Å². The number of rotatable bonds is 7. The molecule has 3 aromatic rings. The third kappa shape index (κ3) is 5.20. The van der Waals surface area contributed by atoms with E-state index in [1.165, 1.54) is 33.5 Å². The number of allylic oxidation sites excluding steroid dienone is 1. The lowest BCUT2D eigenvalue weighted by Gasteiger charge is -2.13. The van der Waals surface area contributed by atoms with E-state index in [4.69, 9.17) is 30.5 Å². The highest BCUT2D eigenvalue weighted by Crippen LogP contribution is 2.38. The number of ether oxygens (including phenoxy) is 4. The molecule has 0 aliphatic rings. The summed E-state index contributed by atoms with van der Waals surface area (Å²) in [5.41, 5.74) is 2.05. The van der Waals surface area contributed by atoms with Crippen molar-refractivity contribution in [2.24, 2.45) is 0 Å². The second-order valence-corrected chi connectivity index (χ2v) is 6.99. The first-order valence-electron chi connectivity index (χ1n) is 9.49. The Balaban J connectivity index is 1.88. The van der Waals surface area contributed by atoms with E-state index < -0.39 is 5.97 Å². The normalized spacial score (nSPS) is 10.8. The smallest absolute Gasteiger partial charge is 0.343 e. The van der Waals surface area contributed by atoms with Gasteiger partial charge >= 0.3 is 5.97 Å². The third-order valence-electron chi connectivity index (χ3n) is 4.54. The molecule has 0 N–H and O–H groups in total. The van der Waals surface area contributed by atoms with E-state index in [0.29, 0.717) is 44.7 Å². The highest BCUT2D eigenvalue weighted by molar-refractivity contribution is 6.30. The molecular weight excluding hydrogens is 430 g/mol. The quantitative estimate of drug-likeness (QED) is 0.201. The molecule has 0 atom stereocenters. The predicted molar refractivity (Wildman–Crippen MR) is 122 cm³/mol. The number of halogens is 1. The van der Waals surface area contributed by atoms with Gasteiger partial charge in [0.25, 0.3) is 0 Å². The van der Waals surface area contributed by atoms with E-state index in [1.807, 2.05) is 0 Å². The number of hydrogen-bond donors (Lipinski definition) is 0. The van der Waals surface area contributed by atoms with E-state index in [0.717, 1.165) is 0 Å². The summed E-state index contributed by atoms with van der Waals surface area (Å²) in [4.78, 5) is 12.7. The largest absolute Gasteiger partial charge is 0.493 e. The Morgan fingerprint density at radius 2 is 1.59 bits per heavy atom. The molecule has 0 saturated heterocycles. The van der Waals surface area contributed by atoms with Crippen LogP contribution in [0.1, 0.15) is 21.5 Å². The van der Waals surface area contributed by atoms with Crippen molar-refractivity contribution in [1.29, 1.82) is 5.26 Å². The van der Waals surface area contributed by atoms with Crippen molar-refractivity contribution in [2.45, 2.75) is 0 Å². The molecular formula is C25H20ClNO5. The Morgan fingerprint density at radius 3 is 2.19 bits per heavy atom. The fraction of sp³-hybridized carbons (Fsp3) is 0.120. The summed E-state index contributed by atoms with van der Waals surface area (Å²) < 4.78 is 21.4. The lowest BCUT2D eigenvalue weighted by atomic mass is 10.0. The van der Waals surface area contributed by atoms with Gasteiger partial charge in [0.2, 0.25) is 5.75 Å². The molecule has 3 aromatic carbocycles. The average molecular weight is 450 g/mol. The highest BCUT2D eigenvalue weighted by Gasteiger charge is 2.18. The minimum Gasteiger partial charge on any atom is -0.493 e. The summed E-state index contributed by atoms with van der Waals surface area (Å²) in [7, 11) is 4.42. The van der Waals surface area contributed by atoms with Gasteiger partial charge in [0.15, 0.2) is 11.5 Å². The standard InChI is InChI=1S/C25H20ClNO5/c1-29-22-13-18(14-23(30-2)24(22)31-3)25(28)32-21-9-4-6-16(11-21)10-19(15-27)17-7-5-8-20(26)12-17/h4-14H,1-3H3/b19-10-. The fourth-order valence-electron chi connectivity index (χ4n) is 3.04. The maximum atomic E-state index is 12.7. The topological polar surface area (TPSA) is 77.8 Å². The van der Waals surface area contributed by atoms with Crippen molar-refractivity contribution in [3.8, 4) is 29.1 Å². The molecule has 0 aliphatic heterocycles. The number of esters is 1. The molecule has 0 amide bonds. The van der Waals surface area contributed by atoms with Crippen molar-refractivity contribution in [1.82, 2.24) is 0 Å². The number of hydrogen-bond acceptors (Lipinski definition) is 6. The molecule has 0 heterocycles. The second kappa shape index (κ2) is 10.4. The van der Waals surface area contributed by atoms with E-state index >= 15 is 0 Å². The van der Waals surface area contributed by atoms with Gasteiger partial charge in [0, 0.05) is 5.02 Å². The summed E-state index contributed by atoms with van der Waals surface area (Å²) >= 11 is 6.03. The van der Waals surface area contributed by atoms with Crippen LogP contribution in [-0.4, -0.2) is 27.3 Å². The molecule has 7 heteroatoms. The molecule has 0 unspecified atom stereocenters. The lowest BCUT2D eigenvalue weighted by Crippen LogP contribution is -2.09. The van der Waals surface area contributed by atoms with Gasteiger partial charge in [-0.05, 0) is 53.6 Å². The minimum absolute atomic E-state index is 0.233. The van der Waals surface area contributed by atoms with Crippen molar-refractivity contribution < 1.29 is 23.7 Å². The van der Waals surface area contributed by atoms with Crippen LogP contribution in [0, 0.1) is 11.3 Å². The summed E-state index contributed by atoms with van der Waals surface area (Å²) in [5, 5.41) is 10.1. The van der Waals surface area contributed by atoms with Crippen LogP contribution in [0.5, 0.6) is 23.0 Å². The molecule has 0 aliphatic carbocycles. The average Bonchev–Trinajstić information content (AvgIpc) is 2.81. The van der Waals surface area contributed by atoms with Gasteiger partial charge in [-0.25, -0.2) is 4.79 Å². The minimum atomic E-state index is -0.597. The predicted octanol–water partition coefficient (Wildman–Crippen LogP) is 5.65. The van der Waals surface area contributed by atoms with Crippen LogP contribution < -0.4 is 18.9 Å². The maximum Gasteiger partial charge on any atom is 0.343 e. The highest BCUT2D eigenvalue weighted by atomic mass is 35.5. The van der Waals surface area contributed by atoms with Crippen molar-refractivity contribution >= 4 is 29.2 Å². The summed E-state index contributed by atoms with van der Waals surface area (Å²) in [5.74, 6) is 0.789. The van der Waals surface area contributed by atoms with Crippen LogP contribution in [0.3, 0.4) is 0 Å². The van der Waals surface area contributed by atoms with Gasteiger partial charge in [-0.2, -0.15) is 5.26 Å². The van der Waals surface area contributed by atoms with Gasteiger partial charge in [-0.15, -0.1) is 0 Å². The van der Waals surface area contributed by atoms with Gasteiger partial charge in [0.05, 0.1) is 38.5 Å². The SMILES string of the molecule is COc1cc(C(=O)Oc2cccc(/C=C(/C#N)c3cccc(Cl)c3)c2)cc(OC)c1OC. The number of nitriles is 1. The second-order valence-electron chi connectivity index (χ2n) is 6.56. The van der Waals surface area contributed by atoms with E-state index in [-0.39, 0.29) is 5.56 Å². The monoisotopic (exact) mass is 449 g/mol. The summed E-state index contributed by atoms with van der Waals surface area (Å²) in [6.45, 7) is 0. The van der Waals surface area contributed by atoms with Crippen LogP contribution in [-0.2, 0) is 0 Å². The fourth-order valence-corrected chi connectivity index (χ4v) is 3.23. The Morgan fingerprint density at radius 1 is 0.906 bits per heavy atom. The zero-order chi connectivity index (χ0) is 23.1. The molecule has 0 saturated carbocycles. The van der Waals surface area contributed by atoms with E-state index in [2.05, 4.69) is 6.07 Å². The van der Waals surface area contributed by atoms with Crippen LogP contribution in [0.15, 0.2) is 60.7 Å². The first-order chi connectivity index (χ1) is 15.5. The summed E-state index contributed by atoms with van der Waals surface area (Å²) in [6, 6.07) is 19.1. The zero-order valence-electron chi connectivity index (χ0n) is 17.7. The Bertz CT molecular complexity index is 1190. The van der Waals surface area contributed by atoms with Crippen molar-refractivity contribution in [2.75, 3.05) is 21.3 Å². The third-order valence-corrected chi connectivity index (χ3v) is 4.77. The van der Waals surface area contributed by atoms with Crippen molar-refractivity contribution in [3.05, 3.63) is 82.4 Å². The first-order valence-corrected chi connectivity index (χ1v) is 9.86. The Hall–Kier alpha value is -3.95. The molecule has 0 fully saturated rings. The number of carbonyl (C=O) groups is 1. The van der Waals surface area contributed by atoms with Crippen LogP contribution in [0.2, 0.25) is 5.02 Å². The first kappa shape index (κ1) is 22.7. The van der Waals surface area contributed by atoms with E-state index in [1.54, 1.807) is 54.6 Å². The van der Waals surface area contributed by atoms with Crippen LogP contribution in [0.4, 0.5) is 0 Å². The molecule has 0 bridgehead atoms. The molecule has 0 radical (unpaired) electrons. The maximum absolute atomic E-state index is 12.7. The van der Waals surface area contributed by atoms with Crippen LogP contribution >= 0.6 is 11.6 Å². The number of carbonyl (C=O) groups excluding carboxylic acids is 1. The van der Waals surface area contributed by atoms with Gasteiger partial charge < -0.3 is 18.9 Å². The number of nitrogens with zero attached hydrogens (tertiary/aromatic N) is 1. The molecule has 32 heavy (non-hydrogen) atoms. The number of benzene rings is 3. The van der Waals surface area contributed by atoms with Gasteiger partial charge in [-0.1, -0.05) is 35.9 Å². The molecule has 0 spiro atoms. The van der Waals surface area contributed by atoms with E-state index in [9.17, 15) is 10.1 Å². The molecule has 0 aromatic heterocycles. The number of methoxy groups -OCH3 is 3. The van der Waals surface area contributed by atoms with Gasteiger partial charge in [-0.3, -0.25) is 0 Å². The molecule has 3 rings (SSSR count). The molecule has 162 valence electrons. The lowest BCUT2D eigenvalue weighted by molar-refractivity contribution is 0.0734. The van der Waals surface area contributed by atoms with Gasteiger partial charge in [0.1, 0.15) is 5.75 Å². The van der Waals surface area contributed by atoms with Crippen molar-refractivity contribution in [3.63, 3.8) is 0 Å². The van der Waals surface area contributed by atoms with Crippen LogP contribution in [0.25, 0.3) is 11.6 Å². The Kier molecular flexibility index (Phi) is 7.37.